The molecule has 21 heavy (non-hydrogen) atoms. The van der Waals surface area contributed by atoms with E-state index in [0.29, 0.717) is 23.7 Å². The third-order valence-electron chi connectivity index (χ3n) is 2.97. The van der Waals surface area contributed by atoms with E-state index in [1.165, 1.54) is 0 Å². The van der Waals surface area contributed by atoms with Gasteiger partial charge in [0.2, 0.25) is 0 Å². The van der Waals surface area contributed by atoms with Crippen LogP contribution in [0.2, 0.25) is 5.02 Å². The minimum Gasteiger partial charge on any atom is -0.481 e. The predicted octanol–water partition coefficient (Wildman–Crippen LogP) is 2.72. The molecule has 6 heteroatoms. The number of aliphatic carboxylic acids is 1. The molecule has 0 aliphatic carbocycles. The standard InChI is InChI=1S/C15H20ClNO4/c1-10(3-8-14(18)19)9-17-15(20)11(2)21-13-6-4-12(16)5-7-13/h4-7,10-11H,3,8-9H2,1-2H3,(H,17,20)(H,18,19). The number of halogens is 1. The molecule has 0 fully saturated rings. The quantitative estimate of drug-likeness (QED) is 0.773. The molecule has 5 nitrogen and oxygen atoms in total. The maximum Gasteiger partial charge on any atom is 0.303 e. The van der Waals surface area contributed by atoms with Crippen molar-refractivity contribution in [3.05, 3.63) is 29.3 Å². The fourth-order valence-electron chi connectivity index (χ4n) is 1.66. The maximum atomic E-state index is 11.9. The Balaban J connectivity index is 2.34. The van der Waals surface area contributed by atoms with Gasteiger partial charge < -0.3 is 15.2 Å². The number of carbonyl (C=O) groups excluding carboxylic acids is 1. The van der Waals surface area contributed by atoms with E-state index in [1.54, 1.807) is 31.2 Å². The molecule has 0 aliphatic heterocycles. The first kappa shape index (κ1) is 17.3. The lowest BCUT2D eigenvalue weighted by molar-refractivity contribution is -0.137. The Kier molecular flexibility index (Phi) is 7.02. The lowest BCUT2D eigenvalue weighted by Gasteiger charge is -2.16. The third kappa shape index (κ3) is 6.99. The maximum absolute atomic E-state index is 11.9. The Hall–Kier alpha value is -1.75. The fraction of sp³-hybridized carbons (Fsp3) is 0.467. The number of carboxylic acid groups (broad SMARTS) is 1. The summed E-state index contributed by atoms with van der Waals surface area (Å²) in [6.07, 6.45) is 0.00783. The average Bonchev–Trinajstić information content (AvgIpc) is 2.44. The van der Waals surface area contributed by atoms with Crippen LogP contribution in [-0.2, 0) is 9.59 Å². The van der Waals surface area contributed by atoms with E-state index in [2.05, 4.69) is 5.32 Å². The number of benzene rings is 1. The van der Waals surface area contributed by atoms with Crippen molar-refractivity contribution in [2.75, 3.05) is 6.54 Å². The highest BCUT2D eigenvalue weighted by atomic mass is 35.5. The molecule has 2 N–H and O–H groups in total. The van der Waals surface area contributed by atoms with Gasteiger partial charge >= 0.3 is 5.97 Å². The molecule has 1 rings (SSSR count). The molecule has 0 radical (unpaired) electrons. The van der Waals surface area contributed by atoms with Crippen molar-refractivity contribution >= 4 is 23.5 Å². The number of carboxylic acids is 1. The topological polar surface area (TPSA) is 75.6 Å². The van der Waals surface area contributed by atoms with Gasteiger partial charge in [-0.1, -0.05) is 18.5 Å². The highest BCUT2D eigenvalue weighted by Gasteiger charge is 2.15. The minimum atomic E-state index is -0.826. The van der Waals surface area contributed by atoms with Crippen LogP contribution in [0.4, 0.5) is 0 Å². The number of hydrogen-bond acceptors (Lipinski definition) is 3. The molecule has 1 amide bonds. The smallest absolute Gasteiger partial charge is 0.303 e. The van der Waals surface area contributed by atoms with Gasteiger partial charge in [-0.05, 0) is 43.5 Å². The average molecular weight is 314 g/mol. The monoisotopic (exact) mass is 313 g/mol. The highest BCUT2D eigenvalue weighted by Crippen LogP contribution is 2.16. The predicted molar refractivity (Wildman–Crippen MR) is 80.6 cm³/mol. The molecule has 0 bridgehead atoms. The summed E-state index contributed by atoms with van der Waals surface area (Å²) >= 11 is 5.77. The number of hydrogen-bond donors (Lipinski definition) is 2. The van der Waals surface area contributed by atoms with Gasteiger partial charge in [0.1, 0.15) is 5.75 Å². The van der Waals surface area contributed by atoms with Gasteiger partial charge in [-0.2, -0.15) is 0 Å². The Morgan fingerprint density at radius 1 is 1.29 bits per heavy atom. The molecule has 1 aromatic rings. The molecule has 0 saturated carbocycles. The molecule has 0 spiro atoms. The van der Waals surface area contributed by atoms with E-state index in [9.17, 15) is 9.59 Å². The summed E-state index contributed by atoms with van der Waals surface area (Å²) in [4.78, 5) is 22.3. The second-order valence-electron chi connectivity index (χ2n) is 5.00. The Morgan fingerprint density at radius 2 is 1.90 bits per heavy atom. The molecular formula is C15H20ClNO4. The molecule has 0 heterocycles. The second-order valence-corrected chi connectivity index (χ2v) is 5.43. The van der Waals surface area contributed by atoms with Crippen molar-refractivity contribution in [1.82, 2.24) is 5.32 Å². The first-order valence-electron chi connectivity index (χ1n) is 6.80. The van der Waals surface area contributed by atoms with Gasteiger partial charge in [-0.25, -0.2) is 0 Å². The molecule has 2 unspecified atom stereocenters. The van der Waals surface area contributed by atoms with E-state index < -0.39 is 12.1 Å². The van der Waals surface area contributed by atoms with Crippen LogP contribution in [0.25, 0.3) is 0 Å². The molecule has 116 valence electrons. The lowest BCUT2D eigenvalue weighted by atomic mass is 10.1. The Morgan fingerprint density at radius 3 is 2.48 bits per heavy atom. The first-order valence-corrected chi connectivity index (χ1v) is 7.18. The van der Waals surface area contributed by atoms with Crippen LogP contribution < -0.4 is 10.1 Å². The van der Waals surface area contributed by atoms with Crippen LogP contribution in [0.5, 0.6) is 5.75 Å². The van der Waals surface area contributed by atoms with Crippen molar-refractivity contribution in [2.45, 2.75) is 32.8 Å². The summed E-state index contributed by atoms with van der Waals surface area (Å²) in [5.74, 6) is -0.381. The van der Waals surface area contributed by atoms with E-state index in [-0.39, 0.29) is 18.2 Å². The van der Waals surface area contributed by atoms with Crippen LogP contribution in [0.3, 0.4) is 0 Å². The van der Waals surface area contributed by atoms with Gasteiger partial charge in [-0.3, -0.25) is 9.59 Å². The van der Waals surface area contributed by atoms with Gasteiger partial charge in [0.15, 0.2) is 6.10 Å². The van der Waals surface area contributed by atoms with Crippen LogP contribution >= 0.6 is 11.6 Å². The van der Waals surface area contributed by atoms with Crippen molar-refractivity contribution in [2.24, 2.45) is 5.92 Å². The highest BCUT2D eigenvalue weighted by molar-refractivity contribution is 6.30. The lowest BCUT2D eigenvalue weighted by Crippen LogP contribution is -2.38. The van der Waals surface area contributed by atoms with Gasteiger partial charge in [-0.15, -0.1) is 0 Å². The third-order valence-corrected chi connectivity index (χ3v) is 3.22. The number of amides is 1. The molecule has 0 aliphatic rings. The summed E-state index contributed by atoms with van der Waals surface area (Å²) in [5, 5.41) is 12.0. The van der Waals surface area contributed by atoms with Crippen molar-refractivity contribution < 1.29 is 19.4 Å². The zero-order valence-electron chi connectivity index (χ0n) is 12.1. The number of rotatable bonds is 8. The summed E-state index contributed by atoms with van der Waals surface area (Å²) in [6.45, 7) is 3.99. The summed E-state index contributed by atoms with van der Waals surface area (Å²) in [7, 11) is 0. The summed E-state index contributed by atoms with van der Waals surface area (Å²) < 4.78 is 5.50. The second kappa shape index (κ2) is 8.52. The SMILES string of the molecule is CC(CCC(=O)O)CNC(=O)C(C)Oc1ccc(Cl)cc1. The number of nitrogens with one attached hydrogen (secondary N) is 1. The Labute approximate surface area is 129 Å². The largest absolute Gasteiger partial charge is 0.481 e. The van der Waals surface area contributed by atoms with E-state index in [4.69, 9.17) is 21.4 Å². The van der Waals surface area contributed by atoms with E-state index >= 15 is 0 Å². The molecule has 0 aromatic heterocycles. The van der Waals surface area contributed by atoms with E-state index in [0.717, 1.165) is 0 Å². The summed E-state index contributed by atoms with van der Waals surface area (Å²) in [6, 6.07) is 6.77. The zero-order valence-corrected chi connectivity index (χ0v) is 12.9. The zero-order chi connectivity index (χ0) is 15.8. The van der Waals surface area contributed by atoms with Crippen LogP contribution in [0.15, 0.2) is 24.3 Å². The molecular weight excluding hydrogens is 294 g/mol. The first-order chi connectivity index (χ1) is 9.88. The molecule has 2 atom stereocenters. The van der Waals surface area contributed by atoms with Crippen molar-refractivity contribution in [3.8, 4) is 5.75 Å². The van der Waals surface area contributed by atoms with Crippen LogP contribution in [-0.4, -0.2) is 29.6 Å². The number of carbonyl (C=O) groups is 2. The van der Waals surface area contributed by atoms with E-state index in [1.807, 2.05) is 6.92 Å². The number of ether oxygens (including phenoxy) is 1. The van der Waals surface area contributed by atoms with Gasteiger partial charge in [0.05, 0.1) is 0 Å². The van der Waals surface area contributed by atoms with Crippen LogP contribution in [0, 0.1) is 5.92 Å². The van der Waals surface area contributed by atoms with Crippen LogP contribution in [0.1, 0.15) is 26.7 Å². The van der Waals surface area contributed by atoms with Crippen molar-refractivity contribution in [3.63, 3.8) is 0 Å². The van der Waals surface area contributed by atoms with Crippen molar-refractivity contribution in [1.29, 1.82) is 0 Å². The minimum absolute atomic E-state index is 0.104. The van der Waals surface area contributed by atoms with Gasteiger partial charge in [0.25, 0.3) is 5.91 Å². The Bertz CT molecular complexity index is 475. The summed E-state index contributed by atoms with van der Waals surface area (Å²) in [5.41, 5.74) is 0. The fourth-order valence-corrected chi connectivity index (χ4v) is 1.79. The van der Waals surface area contributed by atoms with Gasteiger partial charge in [0, 0.05) is 18.0 Å². The normalized spacial score (nSPS) is 13.3. The molecule has 0 saturated heterocycles. The molecule has 1 aromatic carbocycles.